The fourth-order valence-corrected chi connectivity index (χ4v) is 4.15. The van der Waals surface area contributed by atoms with Crippen LogP contribution in [-0.2, 0) is 19.7 Å². The number of hydrogen-bond donors (Lipinski definition) is 2. The minimum atomic E-state index is -0.502. The van der Waals surface area contributed by atoms with Crippen LogP contribution in [-0.4, -0.2) is 50.1 Å². The fourth-order valence-electron chi connectivity index (χ4n) is 4.15. The predicted octanol–water partition coefficient (Wildman–Crippen LogP) is 2.17. The summed E-state index contributed by atoms with van der Waals surface area (Å²) in [6.45, 7) is 1.68. The Morgan fingerprint density at radius 1 is 1.38 bits per heavy atom. The molecule has 6 heteroatoms. The Morgan fingerprint density at radius 3 is 2.85 bits per heavy atom. The van der Waals surface area contributed by atoms with Gasteiger partial charge in [-0.2, -0.15) is 0 Å². The number of nitrogens with one attached hydrogen (secondary N) is 1. The second-order valence-electron chi connectivity index (χ2n) is 7.47. The highest BCUT2D eigenvalue weighted by Crippen LogP contribution is 2.35. The summed E-state index contributed by atoms with van der Waals surface area (Å²) in [6, 6.07) is 6.65. The maximum atomic E-state index is 13.7. The standard InChI is InChI=1S/C20H28FNO4/c1-25-18-11-14(5-6-17(18)23)19(24)22-13-20(7-9-26-10-8-20)15-3-2-4-16(21)12-15/h2-4,12,14,17-18,23H,5-11,13H2,1H3,(H,22,24)/t14-,17+,18-/m1/s1. The second kappa shape index (κ2) is 8.46. The minimum absolute atomic E-state index is 0.0128. The molecule has 5 nitrogen and oxygen atoms in total. The van der Waals surface area contributed by atoms with Gasteiger partial charge in [-0.1, -0.05) is 12.1 Å². The van der Waals surface area contributed by atoms with Gasteiger partial charge in [-0.05, 0) is 49.8 Å². The zero-order chi connectivity index (χ0) is 18.6. The highest BCUT2D eigenvalue weighted by atomic mass is 19.1. The molecule has 1 heterocycles. The molecule has 1 saturated carbocycles. The Hall–Kier alpha value is -1.50. The first-order valence-corrected chi connectivity index (χ1v) is 9.36. The van der Waals surface area contributed by atoms with Gasteiger partial charge < -0.3 is 19.9 Å². The van der Waals surface area contributed by atoms with E-state index in [0.717, 1.165) is 18.4 Å². The van der Waals surface area contributed by atoms with Gasteiger partial charge in [0.15, 0.2) is 0 Å². The molecule has 0 bridgehead atoms. The average Bonchev–Trinajstić information content (AvgIpc) is 2.67. The molecule has 0 spiro atoms. The van der Waals surface area contributed by atoms with Crippen LogP contribution in [0.15, 0.2) is 24.3 Å². The van der Waals surface area contributed by atoms with Crippen LogP contribution >= 0.6 is 0 Å². The third-order valence-corrected chi connectivity index (χ3v) is 5.92. The summed E-state index contributed by atoms with van der Waals surface area (Å²) in [7, 11) is 1.56. The number of rotatable bonds is 5. The number of aliphatic hydroxyl groups is 1. The summed E-state index contributed by atoms with van der Waals surface area (Å²) in [5.74, 6) is -0.433. The van der Waals surface area contributed by atoms with E-state index in [4.69, 9.17) is 9.47 Å². The molecule has 0 unspecified atom stereocenters. The average molecular weight is 365 g/mol. The van der Waals surface area contributed by atoms with Crippen molar-refractivity contribution < 1.29 is 23.8 Å². The molecular formula is C20H28FNO4. The highest BCUT2D eigenvalue weighted by Gasteiger charge is 2.37. The van der Waals surface area contributed by atoms with Crippen molar-refractivity contribution in [3.05, 3.63) is 35.6 Å². The first kappa shape index (κ1) is 19.3. The summed E-state index contributed by atoms with van der Waals surface area (Å²) in [6.07, 6.45) is 2.46. The van der Waals surface area contributed by atoms with E-state index in [9.17, 15) is 14.3 Å². The Morgan fingerprint density at radius 2 is 2.15 bits per heavy atom. The first-order chi connectivity index (χ1) is 12.5. The number of methoxy groups -OCH3 is 1. The Kier molecular flexibility index (Phi) is 6.27. The van der Waals surface area contributed by atoms with Crippen LogP contribution in [0.1, 0.15) is 37.7 Å². The smallest absolute Gasteiger partial charge is 0.223 e. The summed E-state index contributed by atoms with van der Waals surface area (Å²) < 4.78 is 24.5. The summed E-state index contributed by atoms with van der Waals surface area (Å²) in [4.78, 5) is 12.7. The maximum Gasteiger partial charge on any atom is 0.223 e. The topological polar surface area (TPSA) is 67.8 Å². The zero-order valence-corrected chi connectivity index (χ0v) is 15.2. The van der Waals surface area contributed by atoms with Crippen LogP contribution in [0.2, 0.25) is 0 Å². The van der Waals surface area contributed by atoms with Crippen molar-refractivity contribution >= 4 is 5.91 Å². The normalized spacial score (nSPS) is 28.5. The molecule has 3 rings (SSSR count). The van der Waals surface area contributed by atoms with Gasteiger partial charge >= 0.3 is 0 Å². The van der Waals surface area contributed by atoms with Gasteiger partial charge in [0.2, 0.25) is 5.91 Å². The highest BCUT2D eigenvalue weighted by molar-refractivity contribution is 5.79. The van der Waals surface area contributed by atoms with Gasteiger partial charge in [0, 0.05) is 38.2 Å². The van der Waals surface area contributed by atoms with Crippen molar-refractivity contribution in [2.45, 2.75) is 49.7 Å². The number of carbonyl (C=O) groups is 1. The van der Waals surface area contributed by atoms with Gasteiger partial charge in [-0.25, -0.2) is 4.39 Å². The lowest BCUT2D eigenvalue weighted by Gasteiger charge is -2.39. The van der Waals surface area contributed by atoms with Crippen LogP contribution in [0.3, 0.4) is 0 Å². The minimum Gasteiger partial charge on any atom is -0.390 e. The SMILES string of the molecule is CO[C@@H]1C[C@H](C(=O)NCC2(c3cccc(F)c3)CCOCC2)CC[C@@H]1O. The van der Waals surface area contributed by atoms with E-state index in [1.54, 1.807) is 19.2 Å². The monoisotopic (exact) mass is 365 g/mol. The first-order valence-electron chi connectivity index (χ1n) is 9.36. The molecule has 144 valence electrons. The summed E-state index contributed by atoms with van der Waals surface area (Å²) in [5.41, 5.74) is 0.611. The van der Waals surface area contributed by atoms with E-state index < -0.39 is 6.10 Å². The molecule has 1 saturated heterocycles. The van der Waals surface area contributed by atoms with Crippen LogP contribution in [0.25, 0.3) is 0 Å². The molecule has 1 aromatic carbocycles. The quantitative estimate of drug-likeness (QED) is 0.839. The predicted molar refractivity (Wildman–Crippen MR) is 95.3 cm³/mol. The van der Waals surface area contributed by atoms with Crippen molar-refractivity contribution in [2.75, 3.05) is 26.9 Å². The lowest BCUT2D eigenvalue weighted by Crippen LogP contribution is -2.48. The second-order valence-corrected chi connectivity index (χ2v) is 7.47. The molecule has 1 aliphatic heterocycles. The molecule has 1 amide bonds. The van der Waals surface area contributed by atoms with E-state index in [1.165, 1.54) is 6.07 Å². The van der Waals surface area contributed by atoms with Crippen molar-refractivity contribution in [3.63, 3.8) is 0 Å². The summed E-state index contributed by atoms with van der Waals surface area (Å²) in [5, 5.41) is 13.0. The maximum absolute atomic E-state index is 13.7. The van der Waals surface area contributed by atoms with E-state index in [0.29, 0.717) is 39.0 Å². The van der Waals surface area contributed by atoms with Crippen LogP contribution < -0.4 is 5.32 Å². The third kappa shape index (κ3) is 4.24. The molecule has 1 aliphatic carbocycles. The molecule has 3 atom stereocenters. The largest absolute Gasteiger partial charge is 0.390 e. The molecule has 2 fully saturated rings. The molecular weight excluding hydrogens is 337 g/mol. The Bertz CT molecular complexity index is 618. The van der Waals surface area contributed by atoms with Crippen molar-refractivity contribution in [1.29, 1.82) is 0 Å². The van der Waals surface area contributed by atoms with E-state index in [2.05, 4.69) is 5.32 Å². The lowest BCUT2D eigenvalue weighted by molar-refractivity contribution is -0.130. The molecule has 0 aromatic heterocycles. The number of benzene rings is 1. The fraction of sp³-hybridized carbons (Fsp3) is 0.650. The number of amides is 1. The molecule has 1 aromatic rings. The third-order valence-electron chi connectivity index (χ3n) is 5.92. The zero-order valence-electron chi connectivity index (χ0n) is 15.2. The van der Waals surface area contributed by atoms with E-state index in [1.807, 2.05) is 6.07 Å². The van der Waals surface area contributed by atoms with Gasteiger partial charge in [0.05, 0.1) is 12.2 Å². The van der Waals surface area contributed by atoms with Crippen LogP contribution in [0.4, 0.5) is 4.39 Å². The molecule has 26 heavy (non-hydrogen) atoms. The van der Waals surface area contributed by atoms with Crippen molar-refractivity contribution in [1.82, 2.24) is 5.32 Å². The number of aliphatic hydroxyl groups excluding tert-OH is 1. The summed E-state index contributed by atoms with van der Waals surface area (Å²) >= 11 is 0. The van der Waals surface area contributed by atoms with Crippen molar-refractivity contribution in [3.8, 4) is 0 Å². The molecule has 0 radical (unpaired) electrons. The molecule has 2 N–H and O–H groups in total. The number of carbonyl (C=O) groups excluding carboxylic acids is 1. The Balaban J connectivity index is 1.67. The number of ether oxygens (including phenoxy) is 2. The van der Waals surface area contributed by atoms with Gasteiger partial charge in [-0.15, -0.1) is 0 Å². The van der Waals surface area contributed by atoms with Gasteiger partial charge in [-0.3, -0.25) is 4.79 Å². The van der Waals surface area contributed by atoms with Crippen molar-refractivity contribution in [2.24, 2.45) is 5.92 Å². The number of halogens is 1. The molecule has 2 aliphatic rings. The van der Waals surface area contributed by atoms with Gasteiger partial charge in [0.1, 0.15) is 5.82 Å². The Labute approximate surface area is 153 Å². The van der Waals surface area contributed by atoms with E-state index in [-0.39, 0.29) is 29.2 Å². The van der Waals surface area contributed by atoms with Crippen LogP contribution in [0.5, 0.6) is 0 Å². The van der Waals surface area contributed by atoms with E-state index >= 15 is 0 Å². The van der Waals surface area contributed by atoms with Crippen LogP contribution in [0, 0.1) is 11.7 Å². The number of hydrogen-bond acceptors (Lipinski definition) is 4. The van der Waals surface area contributed by atoms with Gasteiger partial charge in [0.25, 0.3) is 0 Å². The lowest BCUT2D eigenvalue weighted by atomic mass is 9.74.